The molecule has 28 heavy (non-hydrogen) atoms. The van der Waals surface area contributed by atoms with Gasteiger partial charge in [0.1, 0.15) is 5.15 Å². The third-order valence-corrected chi connectivity index (χ3v) is 5.12. The third-order valence-electron chi connectivity index (χ3n) is 4.69. The molecule has 3 aromatic rings. The lowest BCUT2D eigenvalue weighted by Crippen LogP contribution is -2.45. The van der Waals surface area contributed by atoms with Crippen LogP contribution in [-0.2, 0) is 6.54 Å². The van der Waals surface area contributed by atoms with Crippen LogP contribution in [0.5, 0.6) is 0 Å². The highest BCUT2D eigenvalue weighted by molar-refractivity contribution is 7.59. The molecule has 1 atom stereocenters. The van der Waals surface area contributed by atoms with Gasteiger partial charge in [0.15, 0.2) is 11.3 Å². The molecular weight excluding hydrogens is 415 g/mol. The van der Waals surface area contributed by atoms with E-state index in [1.165, 1.54) is 0 Å². The Hall–Kier alpha value is -1.98. The predicted molar refractivity (Wildman–Crippen MR) is 119 cm³/mol. The van der Waals surface area contributed by atoms with Crippen LogP contribution in [0, 0.1) is 6.57 Å². The summed E-state index contributed by atoms with van der Waals surface area (Å²) < 4.78 is 0. The number of aromatic amines is 1. The highest BCUT2D eigenvalue weighted by Gasteiger charge is 2.22. The summed E-state index contributed by atoms with van der Waals surface area (Å²) in [6.45, 7) is 9.64. The van der Waals surface area contributed by atoms with Crippen LogP contribution in [-0.4, -0.2) is 34.1 Å². The van der Waals surface area contributed by atoms with Crippen molar-refractivity contribution < 1.29 is 0 Å². The molecular formula is C19H20Cl2N6S. The van der Waals surface area contributed by atoms with Crippen molar-refractivity contribution in [3.05, 3.63) is 57.5 Å². The highest BCUT2D eigenvalue weighted by Crippen LogP contribution is 2.23. The second-order valence-electron chi connectivity index (χ2n) is 6.66. The van der Waals surface area contributed by atoms with Gasteiger partial charge in [-0.05, 0) is 42.7 Å². The second-order valence-corrected chi connectivity index (χ2v) is 7.48. The van der Waals surface area contributed by atoms with Gasteiger partial charge in [0.25, 0.3) is 0 Å². The van der Waals surface area contributed by atoms with Crippen molar-refractivity contribution in [3.8, 4) is 0 Å². The molecule has 0 radical (unpaired) electrons. The molecule has 1 aliphatic heterocycles. The minimum absolute atomic E-state index is 0. The van der Waals surface area contributed by atoms with E-state index < -0.39 is 0 Å². The zero-order chi connectivity index (χ0) is 18.8. The fourth-order valence-electron chi connectivity index (χ4n) is 3.40. The Labute approximate surface area is 180 Å². The van der Waals surface area contributed by atoms with E-state index in [4.69, 9.17) is 29.8 Å². The van der Waals surface area contributed by atoms with Gasteiger partial charge >= 0.3 is 0 Å². The molecule has 146 valence electrons. The van der Waals surface area contributed by atoms with Crippen LogP contribution in [0.2, 0.25) is 10.2 Å². The summed E-state index contributed by atoms with van der Waals surface area (Å²) in [6.07, 6.45) is 2.17. The number of fused-ring (bicyclic) bond motifs is 1. The topological polar surface area (TPSA) is 61.2 Å². The fraction of sp³-hybridized carbons (Fsp3) is 0.316. The van der Waals surface area contributed by atoms with Gasteiger partial charge in [-0.1, -0.05) is 29.3 Å². The monoisotopic (exact) mass is 434 g/mol. The number of aromatic nitrogens is 3. The zero-order valence-corrected chi connectivity index (χ0v) is 17.6. The number of hydrogen-bond donors (Lipinski definition) is 2. The SMILES string of the molecule is S.[C-]#[N+]c1cc(Cl)cc(CN[C@H]2CCCN(c3nc4nc(Cl)ccc4[nH]3)C2)c1. The number of nitrogens with one attached hydrogen (secondary N) is 2. The quantitative estimate of drug-likeness (QED) is 0.461. The lowest BCUT2D eigenvalue weighted by atomic mass is 10.1. The highest BCUT2D eigenvalue weighted by atomic mass is 35.5. The summed E-state index contributed by atoms with van der Waals surface area (Å²) >= 11 is 12.0. The van der Waals surface area contributed by atoms with Crippen molar-refractivity contribution in [2.75, 3.05) is 18.0 Å². The summed E-state index contributed by atoms with van der Waals surface area (Å²) in [6, 6.07) is 9.45. The maximum Gasteiger partial charge on any atom is 0.205 e. The van der Waals surface area contributed by atoms with Crippen molar-refractivity contribution in [1.82, 2.24) is 20.3 Å². The predicted octanol–water partition coefficient (Wildman–Crippen LogP) is 4.69. The van der Waals surface area contributed by atoms with Crippen LogP contribution < -0.4 is 10.2 Å². The number of rotatable bonds is 4. The van der Waals surface area contributed by atoms with Gasteiger partial charge in [0.2, 0.25) is 5.95 Å². The molecule has 0 saturated carbocycles. The van der Waals surface area contributed by atoms with Crippen LogP contribution >= 0.6 is 36.7 Å². The standard InChI is InChI=1S/C19H18Cl2N6.H2S/c1-22-15-8-12(7-13(20)9-15)10-23-14-3-2-6-27(11-14)19-24-16-4-5-17(21)25-18(16)26-19;/h4-5,7-9,14,23H,2-3,6,10-11H2,(H,24,25,26);1H2/t14-;/m0./s1. The van der Waals surface area contributed by atoms with E-state index in [0.29, 0.717) is 34.1 Å². The van der Waals surface area contributed by atoms with Gasteiger partial charge in [-0.3, -0.25) is 0 Å². The first kappa shape index (κ1) is 20.7. The molecule has 2 N–H and O–H groups in total. The molecule has 1 aromatic carbocycles. The molecule has 0 amide bonds. The van der Waals surface area contributed by atoms with Gasteiger partial charge < -0.3 is 15.2 Å². The van der Waals surface area contributed by atoms with Crippen LogP contribution in [0.25, 0.3) is 16.0 Å². The number of H-pyrrole nitrogens is 1. The number of hydrogen-bond acceptors (Lipinski definition) is 4. The first-order valence-corrected chi connectivity index (χ1v) is 9.54. The Balaban J connectivity index is 0.00000225. The molecule has 2 aromatic heterocycles. The Bertz CT molecular complexity index is 1020. The van der Waals surface area contributed by atoms with E-state index in [2.05, 4.69) is 30.0 Å². The van der Waals surface area contributed by atoms with Crippen LogP contribution in [0.3, 0.4) is 0 Å². The molecule has 0 spiro atoms. The van der Waals surface area contributed by atoms with E-state index in [9.17, 15) is 0 Å². The first-order valence-electron chi connectivity index (χ1n) is 8.78. The van der Waals surface area contributed by atoms with Crippen molar-refractivity contribution in [3.63, 3.8) is 0 Å². The van der Waals surface area contributed by atoms with Gasteiger partial charge in [0.05, 0.1) is 12.1 Å². The van der Waals surface area contributed by atoms with Crippen LogP contribution in [0.4, 0.5) is 11.6 Å². The molecule has 3 heterocycles. The normalized spacial score (nSPS) is 16.6. The van der Waals surface area contributed by atoms with Crippen molar-refractivity contribution in [1.29, 1.82) is 0 Å². The minimum atomic E-state index is 0. The Morgan fingerprint density at radius 1 is 1.25 bits per heavy atom. The molecule has 4 rings (SSSR count). The summed E-state index contributed by atoms with van der Waals surface area (Å²) in [5.74, 6) is 0.823. The zero-order valence-electron chi connectivity index (χ0n) is 15.0. The molecule has 1 fully saturated rings. The number of anilines is 1. The summed E-state index contributed by atoms with van der Waals surface area (Å²) in [5.41, 5.74) is 3.11. The Kier molecular flexibility index (Phi) is 6.68. The summed E-state index contributed by atoms with van der Waals surface area (Å²) in [4.78, 5) is 17.9. The van der Waals surface area contributed by atoms with Gasteiger partial charge in [0, 0.05) is 30.7 Å². The first-order chi connectivity index (χ1) is 13.1. The molecule has 0 aliphatic carbocycles. The molecule has 1 aliphatic rings. The van der Waals surface area contributed by atoms with Crippen molar-refractivity contribution >= 4 is 59.5 Å². The molecule has 0 unspecified atom stereocenters. The number of pyridine rings is 1. The second kappa shape index (κ2) is 9.01. The minimum Gasteiger partial charge on any atom is -0.341 e. The molecule has 1 saturated heterocycles. The van der Waals surface area contributed by atoms with E-state index in [0.717, 1.165) is 43.0 Å². The Morgan fingerprint density at radius 2 is 2.11 bits per heavy atom. The third kappa shape index (κ3) is 4.70. The van der Waals surface area contributed by atoms with E-state index in [1.54, 1.807) is 12.1 Å². The number of piperidine rings is 1. The van der Waals surface area contributed by atoms with Gasteiger partial charge in [-0.15, -0.1) is 0 Å². The average molecular weight is 435 g/mol. The smallest absolute Gasteiger partial charge is 0.205 e. The number of halogens is 2. The lowest BCUT2D eigenvalue weighted by molar-refractivity contribution is 0.419. The number of benzene rings is 1. The maximum atomic E-state index is 7.16. The lowest BCUT2D eigenvalue weighted by Gasteiger charge is -2.33. The molecule has 6 nitrogen and oxygen atoms in total. The van der Waals surface area contributed by atoms with Crippen LogP contribution in [0.15, 0.2) is 30.3 Å². The maximum absolute atomic E-state index is 7.16. The average Bonchev–Trinajstić information content (AvgIpc) is 3.09. The van der Waals surface area contributed by atoms with Gasteiger partial charge in [-0.2, -0.15) is 18.5 Å². The van der Waals surface area contributed by atoms with Crippen LogP contribution in [0.1, 0.15) is 18.4 Å². The number of imidazole rings is 1. The summed E-state index contributed by atoms with van der Waals surface area (Å²) in [7, 11) is 0. The largest absolute Gasteiger partial charge is 0.341 e. The molecule has 0 bridgehead atoms. The van der Waals surface area contributed by atoms with Crippen molar-refractivity contribution in [2.24, 2.45) is 0 Å². The van der Waals surface area contributed by atoms with Gasteiger partial charge in [-0.25, -0.2) is 9.83 Å². The van der Waals surface area contributed by atoms with E-state index in [-0.39, 0.29) is 13.5 Å². The van der Waals surface area contributed by atoms with Crippen molar-refractivity contribution in [2.45, 2.75) is 25.4 Å². The molecule has 9 heteroatoms. The fourth-order valence-corrected chi connectivity index (χ4v) is 3.80. The summed E-state index contributed by atoms with van der Waals surface area (Å²) in [5, 5.41) is 4.62. The number of nitrogens with zero attached hydrogens (tertiary/aromatic N) is 4. The Morgan fingerprint density at radius 3 is 2.93 bits per heavy atom. The van der Waals surface area contributed by atoms with E-state index in [1.807, 2.05) is 18.2 Å². The van der Waals surface area contributed by atoms with E-state index >= 15 is 0 Å².